The van der Waals surface area contributed by atoms with Gasteiger partial charge in [-0.1, -0.05) is 42.5 Å². The lowest BCUT2D eigenvalue weighted by molar-refractivity contribution is 0.0906. The van der Waals surface area contributed by atoms with E-state index in [0.717, 1.165) is 46.6 Å². The average Bonchev–Trinajstić information content (AvgIpc) is 3.20. The van der Waals surface area contributed by atoms with Crippen molar-refractivity contribution in [3.05, 3.63) is 82.8 Å². The molecule has 1 heterocycles. The Morgan fingerprint density at radius 1 is 1.00 bits per heavy atom. The van der Waals surface area contributed by atoms with Crippen molar-refractivity contribution in [1.82, 2.24) is 10.7 Å². The summed E-state index contributed by atoms with van der Waals surface area (Å²) >= 11 is 0. The van der Waals surface area contributed by atoms with Gasteiger partial charge in [0.2, 0.25) is 0 Å². The van der Waals surface area contributed by atoms with Gasteiger partial charge in [-0.05, 0) is 43.0 Å². The van der Waals surface area contributed by atoms with E-state index >= 15 is 0 Å². The van der Waals surface area contributed by atoms with Crippen molar-refractivity contribution in [2.75, 3.05) is 20.3 Å². The quantitative estimate of drug-likeness (QED) is 0.423. The molecule has 2 amide bonds. The van der Waals surface area contributed by atoms with Crippen LogP contribution in [0, 0.1) is 6.92 Å². The largest absolute Gasteiger partial charge is 0.455 e. The van der Waals surface area contributed by atoms with Crippen molar-refractivity contribution in [3.8, 4) is 11.1 Å². The summed E-state index contributed by atoms with van der Waals surface area (Å²) in [5.74, 6) is 0.457. The maximum atomic E-state index is 12.7. The monoisotopic (exact) mass is 445 g/mol. The average molecular weight is 446 g/mol. The van der Waals surface area contributed by atoms with Crippen LogP contribution in [-0.4, -0.2) is 37.8 Å². The molecule has 0 fully saturated rings. The molecule has 170 valence electrons. The zero-order chi connectivity index (χ0) is 23.2. The summed E-state index contributed by atoms with van der Waals surface area (Å²) < 4.78 is 10.8. The predicted octanol–water partition coefficient (Wildman–Crippen LogP) is 4.10. The Kier molecular flexibility index (Phi) is 7.00. The minimum atomic E-state index is -0.284. The molecular formula is C26H27N3O4. The van der Waals surface area contributed by atoms with Gasteiger partial charge in [-0.15, -0.1) is 0 Å². The van der Waals surface area contributed by atoms with E-state index in [1.807, 2.05) is 49.4 Å². The third-order valence-electron chi connectivity index (χ3n) is 5.67. The van der Waals surface area contributed by atoms with Crippen LogP contribution in [0.25, 0.3) is 11.1 Å². The number of methoxy groups -OCH3 is 1. The number of hydrazone groups is 1. The van der Waals surface area contributed by atoms with Gasteiger partial charge in [0, 0.05) is 36.8 Å². The van der Waals surface area contributed by atoms with Crippen LogP contribution in [0.4, 0.5) is 0 Å². The van der Waals surface area contributed by atoms with E-state index in [-0.39, 0.29) is 17.6 Å². The van der Waals surface area contributed by atoms with Crippen molar-refractivity contribution in [2.24, 2.45) is 5.10 Å². The molecule has 7 nitrogen and oxygen atoms in total. The molecule has 0 saturated heterocycles. The molecule has 0 aliphatic heterocycles. The van der Waals surface area contributed by atoms with Crippen LogP contribution in [0.1, 0.15) is 50.6 Å². The van der Waals surface area contributed by atoms with Gasteiger partial charge < -0.3 is 14.5 Å². The minimum absolute atomic E-state index is 0.277. The summed E-state index contributed by atoms with van der Waals surface area (Å²) in [5.41, 5.74) is 7.61. The normalized spacial score (nSPS) is 14.1. The van der Waals surface area contributed by atoms with Crippen molar-refractivity contribution in [2.45, 2.75) is 26.2 Å². The second kappa shape index (κ2) is 10.3. The summed E-state index contributed by atoms with van der Waals surface area (Å²) in [6.07, 6.45) is 2.27. The zero-order valence-electron chi connectivity index (χ0n) is 18.8. The maximum Gasteiger partial charge on any atom is 0.287 e. The van der Waals surface area contributed by atoms with E-state index in [2.05, 4.69) is 15.8 Å². The highest BCUT2D eigenvalue weighted by atomic mass is 16.5. The molecule has 2 N–H and O–H groups in total. The lowest BCUT2D eigenvalue weighted by Gasteiger charge is -2.13. The minimum Gasteiger partial charge on any atom is -0.455 e. The maximum absolute atomic E-state index is 12.7. The fraction of sp³-hybridized carbons (Fsp3) is 0.269. The first-order chi connectivity index (χ1) is 16.1. The van der Waals surface area contributed by atoms with Gasteiger partial charge in [0.25, 0.3) is 11.8 Å². The molecule has 7 heteroatoms. The number of hydrogen-bond donors (Lipinski definition) is 2. The standard InChI is InChI=1S/C26H27N3O4/c1-17-23-21(9-6-10-22(23)33-24(17)26(31)27-15-16-32-2)28-29-25(30)20-13-11-19(12-14-20)18-7-4-3-5-8-18/h3-5,7-8,11-14H,6,9-10,15-16H2,1-2H3,(H,27,31)(H,29,30)/b28-21+. The third kappa shape index (κ3) is 5.04. The highest BCUT2D eigenvalue weighted by Crippen LogP contribution is 2.30. The molecule has 3 aromatic rings. The fourth-order valence-corrected chi connectivity index (χ4v) is 3.97. The number of aryl methyl sites for hydroxylation is 1. The molecule has 0 saturated carbocycles. The van der Waals surface area contributed by atoms with Crippen molar-refractivity contribution in [3.63, 3.8) is 0 Å². The Bertz CT molecular complexity index is 1160. The third-order valence-corrected chi connectivity index (χ3v) is 5.67. The number of nitrogens with zero attached hydrogens (tertiary/aromatic N) is 1. The number of furan rings is 1. The Morgan fingerprint density at radius 3 is 2.45 bits per heavy atom. The van der Waals surface area contributed by atoms with Crippen molar-refractivity contribution >= 4 is 17.5 Å². The molecule has 0 atom stereocenters. The van der Waals surface area contributed by atoms with E-state index in [1.54, 1.807) is 19.2 Å². The topological polar surface area (TPSA) is 92.9 Å². The number of ether oxygens (including phenoxy) is 1. The second-order valence-electron chi connectivity index (χ2n) is 7.90. The number of rotatable bonds is 7. The number of fused-ring (bicyclic) bond motifs is 1. The van der Waals surface area contributed by atoms with Crippen LogP contribution in [0.3, 0.4) is 0 Å². The van der Waals surface area contributed by atoms with E-state index in [4.69, 9.17) is 9.15 Å². The predicted molar refractivity (Wildman–Crippen MR) is 126 cm³/mol. The molecule has 0 radical (unpaired) electrons. The van der Waals surface area contributed by atoms with E-state index < -0.39 is 0 Å². The van der Waals surface area contributed by atoms with Crippen LogP contribution in [0.15, 0.2) is 64.1 Å². The van der Waals surface area contributed by atoms with Gasteiger partial charge in [0.15, 0.2) is 5.76 Å². The Balaban J connectivity index is 1.48. The fourth-order valence-electron chi connectivity index (χ4n) is 3.97. The van der Waals surface area contributed by atoms with Crippen molar-refractivity contribution < 1.29 is 18.7 Å². The number of carbonyl (C=O) groups is 2. The smallest absolute Gasteiger partial charge is 0.287 e. The summed E-state index contributed by atoms with van der Waals surface area (Å²) in [4.78, 5) is 25.2. The van der Waals surface area contributed by atoms with Crippen LogP contribution >= 0.6 is 0 Å². The van der Waals surface area contributed by atoms with E-state index in [1.165, 1.54) is 0 Å². The van der Waals surface area contributed by atoms with Crippen LogP contribution in [0.5, 0.6) is 0 Å². The molecule has 4 rings (SSSR count). The first-order valence-corrected chi connectivity index (χ1v) is 11.0. The zero-order valence-corrected chi connectivity index (χ0v) is 18.8. The van der Waals surface area contributed by atoms with Crippen molar-refractivity contribution in [1.29, 1.82) is 0 Å². The Morgan fingerprint density at radius 2 is 1.73 bits per heavy atom. The molecule has 0 spiro atoms. The molecule has 1 aromatic heterocycles. The first kappa shape index (κ1) is 22.5. The Hall–Kier alpha value is -3.71. The summed E-state index contributed by atoms with van der Waals surface area (Å²) in [6.45, 7) is 2.68. The number of benzene rings is 2. The van der Waals surface area contributed by atoms with Gasteiger partial charge >= 0.3 is 0 Å². The van der Waals surface area contributed by atoms with Crippen LogP contribution in [-0.2, 0) is 11.2 Å². The van der Waals surface area contributed by atoms with Gasteiger partial charge in [-0.2, -0.15) is 5.10 Å². The van der Waals surface area contributed by atoms with Crippen LogP contribution < -0.4 is 10.7 Å². The highest BCUT2D eigenvalue weighted by molar-refractivity contribution is 6.07. The Labute approximate surface area is 192 Å². The lowest BCUT2D eigenvalue weighted by Crippen LogP contribution is -2.27. The number of nitrogens with one attached hydrogen (secondary N) is 2. The second-order valence-corrected chi connectivity index (χ2v) is 7.90. The lowest BCUT2D eigenvalue weighted by atomic mass is 9.93. The molecule has 1 aliphatic rings. The van der Waals surface area contributed by atoms with E-state index in [0.29, 0.717) is 25.1 Å². The van der Waals surface area contributed by atoms with Gasteiger partial charge in [0.1, 0.15) is 5.76 Å². The van der Waals surface area contributed by atoms with Gasteiger partial charge in [-0.25, -0.2) is 5.43 Å². The molecule has 0 unspecified atom stereocenters. The molecule has 1 aliphatic carbocycles. The molecule has 0 bridgehead atoms. The SMILES string of the molecule is COCCNC(=O)c1oc2c(c1C)/C(=N/NC(=O)c1ccc(-c3ccccc3)cc1)CCC2. The number of carbonyl (C=O) groups excluding carboxylic acids is 2. The first-order valence-electron chi connectivity index (χ1n) is 11.0. The summed E-state index contributed by atoms with van der Waals surface area (Å²) in [6, 6.07) is 17.4. The number of amides is 2. The van der Waals surface area contributed by atoms with Gasteiger partial charge in [-0.3, -0.25) is 9.59 Å². The van der Waals surface area contributed by atoms with Crippen LogP contribution in [0.2, 0.25) is 0 Å². The van der Waals surface area contributed by atoms with Gasteiger partial charge in [0.05, 0.1) is 12.3 Å². The molecular weight excluding hydrogens is 418 g/mol. The summed E-state index contributed by atoms with van der Waals surface area (Å²) in [5, 5.41) is 7.18. The molecule has 2 aromatic carbocycles. The summed E-state index contributed by atoms with van der Waals surface area (Å²) in [7, 11) is 1.58. The number of hydrogen-bond acceptors (Lipinski definition) is 5. The molecule has 33 heavy (non-hydrogen) atoms. The van der Waals surface area contributed by atoms with E-state index in [9.17, 15) is 9.59 Å². The highest BCUT2D eigenvalue weighted by Gasteiger charge is 2.28.